The number of nitrogens with zero attached hydrogens (tertiary/aromatic N) is 1. The molecule has 1 aromatic heterocycles. The number of carbonyl (C=O) groups is 1. The summed E-state index contributed by atoms with van der Waals surface area (Å²) in [7, 11) is 0. The Hall–Kier alpha value is -1.52. The quantitative estimate of drug-likeness (QED) is 0.833. The molecule has 5 heteroatoms. The Morgan fingerprint density at radius 1 is 1.38 bits per heavy atom. The fourth-order valence-electron chi connectivity index (χ4n) is 2.22. The molecule has 2 rings (SSSR count). The number of carboxylic acids is 1. The number of anilines is 1. The van der Waals surface area contributed by atoms with Crippen LogP contribution in [0.2, 0.25) is 4.34 Å². The van der Waals surface area contributed by atoms with E-state index in [1.54, 1.807) is 0 Å². The van der Waals surface area contributed by atoms with Gasteiger partial charge in [0.25, 0.3) is 0 Å². The monoisotopic (exact) mass is 323 g/mol. The number of hydrogen-bond donors (Lipinski definition) is 1. The molecule has 0 aliphatic rings. The van der Waals surface area contributed by atoms with Crippen molar-refractivity contribution < 1.29 is 9.90 Å². The number of aliphatic carboxylic acids is 1. The molecule has 0 radical (unpaired) electrons. The highest BCUT2D eigenvalue weighted by atomic mass is 35.5. The summed E-state index contributed by atoms with van der Waals surface area (Å²) in [6.07, 6.45) is 0.107. The smallest absolute Gasteiger partial charge is 0.305 e. The molecule has 1 N–H and O–H groups in total. The Morgan fingerprint density at radius 2 is 2.05 bits per heavy atom. The normalized spacial score (nSPS) is 12.1. The molecule has 0 saturated carbocycles. The molecule has 0 aliphatic heterocycles. The van der Waals surface area contributed by atoms with E-state index in [0.717, 1.165) is 15.6 Å². The van der Waals surface area contributed by atoms with Crippen LogP contribution in [-0.2, 0) is 4.79 Å². The van der Waals surface area contributed by atoms with Gasteiger partial charge in [0.05, 0.1) is 16.8 Å². The van der Waals surface area contributed by atoms with Gasteiger partial charge in [-0.1, -0.05) is 29.3 Å². The van der Waals surface area contributed by atoms with E-state index in [1.807, 2.05) is 42.6 Å². The minimum Gasteiger partial charge on any atom is -0.481 e. The van der Waals surface area contributed by atoms with E-state index in [9.17, 15) is 4.79 Å². The summed E-state index contributed by atoms with van der Waals surface area (Å²) < 4.78 is 0.749. The average Bonchev–Trinajstić information content (AvgIpc) is 2.87. The molecule has 3 nitrogen and oxygen atoms in total. The molecule has 0 fully saturated rings. The third kappa shape index (κ3) is 4.22. The van der Waals surface area contributed by atoms with Crippen LogP contribution in [0.3, 0.4) is 0 Å². The standard InChI is InChI=1S/C16H18ClNO2S/c1-11-3-5-14(6-4-11)18(8-7-16(19)20)12(2)13-9-15(17)21-10-13/h3-6,9-10,12H,7-8H2,1-2H3,(H,19,20). The lowest BCUT2D eigenvalue weighted by Gasteiger charge is -2.31. The number of carboxylic acid groups (broad SMARTS) is 1. The van der Waals surface area contributed by atoms with Gasteiger partial charge in [-0.15, -0.1) is 11.3 Å². The van der Waals surface area contributed by atoms with Crippen molar-refractivity contribution in [1.82, 2.24) is 0 Å². The van der Waals surface area contributed by atoms with E-state index in [0.29, 0.717) is 6.54 Å². The van der Waals surface area contributed by atoms with Gasteiger partial charge in [-0.2, -0.15) is 0 Å². The van der Waals surface area contributed by atoms with Crippen molar-refractivity contribution in [2.45, 2.75) is 26.3 Å². The van der Waals surface area contributed by atoms with Crippen molar-refractivity contribution in [2.75, 3.05) is 11.4 Å². The maximum atomic E-state index is 10.9. The van der Waals surface area contributed by atoms with Crippen molar-refractivity contribution in [2.24, 2.45) is 0 Å². The van der Waals surface area contributed by atoms with Crippen LogP contribution in [0.1, 0.15) is 30.5 Å². The maximum absolute atomic E-state index is 10.9. The molecule has 0 amide bonds. The largest absolute Gasteiger partial charge is 0.481 e. The lowest BCUT2D eigenvalue weighted by atomic mass is 10.1. The summed E-state index contributed by atoms with van der Waals surface area (Å²) in [5, 5.41) is 11.0. The predicted molar refractivity (Wildman–Crippen MR) is 88.5 cm³/mol. The van der Waals surface area contributed by atoms with E-state index in [1.165, 1.54) is 16.9 Å². The van der Waals surface area contributed by atoms with Crippen LogP contribution in [0, 0.1) is 6.92 Å². The fourth-order valence-corrected chi connectivity index (χ4v) is 3.20. The Morgan fingerprint density at radius 3 is 2.57 bits per heavy atom. The third-order valence-corrected chi connectivity index (χ3v) is 4.58. The van der Waals surface area contributed by atoms with Gasteiger partial charge in [-0.05, 0) is 43.0 Å². The van der Waals surface area contributed by atoms with Gasteiger partial charge in [-0.25, -0.2) is 0 Å². The van der Waals surface area contributed by atoms with Gasteiger partial charge >= 0.3 is 5.97 Å². The molecule has 2 aromatic rings. The molecule has 1 atom stereocenters. The molecule has 21 heavy (non-hydrogen) atoms. The van der Waals surface area contributed by atoms with E-state index in [4.69, 9.17) is 16.7 Å². The lowest BCUT2D eigenvalue weighted by molar-refractivity contribution is -0.136. The Labute approximate surface area is 133 Å². The second-order valence-electron chi connectivity index (χ2n) is 5.03. The predicted octanol–water partition coefficient (Wildman–Crippen LogP) is 4.75. The van der Waals surface area contributed by atoms with Crippen LogP contribution in [0.15, 0.2) is 35.7 Å². The van der Waals surface area contributed by atoms with Crippen molar-refractivity contribution >= 4 is 34.6 Å². The van der Waals surface area contributed by atoms with Gasteiger partial charge < -0.3 is 10.0 Å². The summed E-state index contributed by atoms with van der Waals surface area (Å²) >= 11 is 7.50. The van der Waals surface area contributed by atoms with Crippen molar-refractivity contribution in [1.29, 1.82) is 0 Å². The molecule has 1 heterocycles. The van der Waals surface area contributed by atoms with Crippen LogP contribution < -0.4 is 4.90 Å². The highest BCUT2D eigenvalue weighted by molar-refractivity contribution is 7.14. The summed E-state index contributed by atoms with van der Waals surface area (Å²) in [6, 6.07) is 10.2. The first-order valence-electron chi connectivity index (χ1n) is 6.76. The van der Waals surface area contributed by atoms with E-state index >= 15 is 0 Å². The van der Waals surface area contributed by atoms with Crippen LogP contribution in [0.25, 0.3) is 0 Å². The first-order chi connectivity index (χ1) is 9.97. The van der Waals surface area contributed by atoms with Gasteiger partial charge in [-0.3, -0.25) is 4.79 Å². The minimum absolute atomic E-state index is 0.0795. The molecule has 0 saturated heterocycles. The highest BCUT2D eigenvalue weighted by Gasteiger charge is 2.18. The Bertz CT molecular complexity index is 609. The minimum atomic E-state index is -0.789. The molecule has 0 aliphatic carbocycles. The summed E-state index contributed by atoms with van der Waals surface area (Å²) in [5.41, 5.74) is 3.32. The zero-order valence-corrected chi connectivity index (χ0v) is 13.6. The second kappa shape index (κ2) is 6.96. The fraction of sp³-hybridized carbons (Fsp3) is 0.312. The lowest BCUT2D eigenvalue weighted by Crippen LogP contribution is -2.29. The number of aryl methyl sites for hydroxylation is 1. The molecule has 1 unspecified atom stereocenters. The highest BCUT2D eigenvalue weighted by Crippen LogP contribution is 2.31. The van der Waals surface area contributed by atoms with Crippen LogP contribution in [0.4, 0.5) is 5.69 Å². The van der Waals surface area contributed by atoms with E-state index < -0.39 is 5.97 Å². The van der Waals surface area contributed by atoms with Gasteiger partial charge in [0, 0.05) is 12.2 Å². The molecule has 0 spiro atoms. The van der Waals surface area contributed by atoms with Crippen molar-refractivity contribution in [3.05, 3.63) is 51.2 Å². The zero-order chi connectivity index (χ0) is 15.4. The molecule has 112 valence electrons. The first kappa shape index (κ1) is 15.9. The van der Waals surface area contributed by atoms with E-state index in [2.05, 4.69) is 11.8 Å². The SMILES string of the molecule is Cc1ccc(N(CCC(=O)O)C(C)c2csc(Cl)c2)cc1. The topological polar surface area (TPSA) is 40.5 Å². The Balaban J connectivity index is 2.26. The second-order valence-corrected chi connectivity index (χ2v) is 6.58. The van der Waals surface area contributed by atoms with Crippen molar-refractivity contribution in [3.63, 3.8) is 0 Å². The number of thiophene rings is 1. The van der Waals surface area contributed by atoms with Crippen molar-refractivity contribution in [3.8, 4) is 0 Å². The van der Waals surface area contributed by atoms with Gasteiger partial charge in [0.2, 0.25) is 0 Å². The van der Waals surface area contributed by atoms with Crippen LogP contribution in [-0.4, -0.2) is 17.6 Å². The van der Waals surface area contributed by atoms with Crippen LogP contribution >= 0.6 is 22.9 Å². The zero-order valence-electron chi connectivity index (χ0n) is 12.0. The number of hydrogen-bond acceptors (Lipinski definition) is 3. The molecular formula is C16H18ClNO2S. The Kier molecular flexibility index (Phi) is 5.26. The van der Waals surface area contributed by atoms with E-state index in [-0.39, 0.29) is 12.5 Å². The van der Waals surface area contributed by atoms with Crippen LogP contribution in [0.5, 0.6) is 0 Å². The molecule has 1 aromatic carbocycles. The average molecular weight is 324 g/mol. The summed E-state index contributed by atoms with van der Waals surface area (Å²) in [6.45, 7) is 4.57. The first-order valence-corrected chi connectivity index (χ1v) is 8.02. The molecule has 0 bridgehead atoms. The molecular weight excluding hydrogens is 306 g/mol. The maximum Gasteiger partial charge on any atom is 0.305 e. The van der Waals surface area contributed by atoms with Gasteiger partial charge in [0.15, 0.2) is 0 Å². The summed E-state index contributed by atoms with van der Waals surface area (Å²) in [5.74, 6) is -0.789. The third-order valence-electron chi connectivity index (χ3n) is 3.47. The number of benzene rings is 1. The summed E-state index contributed by atoms with van der Waals surface area (Å²) in [4.78, 5) is 13.0. The van der Waals surface area contributed by atoms with Gasteiger partial charge in [0.1, 0.15) is 0 Å². The number of rotatable bonds is 6. The number of halogens is 1.